The van der Waals surface area contributed by atoms with Crippen molar-refractivity contribution in [2.45, 2.75) is 0 Å². The predicted octanol–water partition coefficient (Wildman–Crippen LogP) is 3.94. The Labute approximate surface area is 99.6 Å². The van der Waals surface area contributed by atoms with Gasteiger partial charge in [-0.2, -0.15) is 5.10 Å². The monoisotopic (exact) mass is 290 g/mol. The third kappa shape index (κ3) is 1.95. The van der Waals surface area contributed by atoms with Crippen molar-refractivity contribution in [2.24, 2.45) is 0 Å². The molecule has 2 aromatic rings. The first-order valence-corrected chi connectivity index (χ1v) is 5.37. The van der Waals surface area contributed by atoms with Crippen molar-refractivity contribution >= 4 is 39.1 Å². The molecule has 0 spiro atoms. The van der Waals surface area contributed by atoms with E-state index in [0.29, 0.717) is 10.0 Å². The summed E-state index contributed by atoms with van der Waals surface area (Å²) in [5, 5.41) is 5.19. The maximum Gasteiger partial charge on any atom is 0.0661 e. The van der Waals surface area contributed by atoms with Gasteiger partial charge in [0.05, 0.1) is 26.4 Å². The molecular formula is C9H5BrCl2N2. The van der Waals surface area contributed by atoms with Crippen LogP contribution in [0.5, 0.6) is 0 Å². The highest BCUT2D eigenvalue weighted by Gasteiger charge is 2.02. The number of hydrogen-bond acceptors (Lipinski definition) is 1. The minimum absolute atomic E-state index is 0.524. The zero-order valence-electron chi connectivity index (χ0n) is 6.92. The SMILES string of the molecule is Clc1ccc(-n2cc(Br)cn2)cc1Cl. The van der Waals surface area contributed by atoms with Gasteiger partial charge in [-0.05, 0) is 34.1 Å². The van der Waals surface area contributed by atoms with Crippen LogP contribution in [0.1, 0.15) is 0 Å². The third-order valence-electron chi connectivity index (χ3n) is 1.72. The van der Waals surface area contributed by atoms with Crippen molar-refractivity contribution in [3.05, 3.63) is 45.1 Å². The van der Waals surface area contributed by atoms with E-state index in [1.165, 1.54) is 0 Å². The molecule has 0 bridgehead atoms. The van der Waals surface area contributed by atoms with E-state index in [0.717, 1.165) is 10.2 Å². The zero-order chi connectivity index (χ0) is 10.1. The van der Waals surface area contributed by atoms with Crippen LogP contribution in [0.2, 0.25) is 10.0 Å². The highest BCUT2D eigenvalue weighted by molar-refractivity contribution is 9.10. The van der Waals surface area contributed by atoms with Crippen molar-refractivity contribution < 1.29 is 0 Å². The average Bonchev–Trinajstić information content (AvgIpc) is 2.57. The molecule has 5 heteroatoms. The van der Waals surface area contributed by atoms with Crippen LogP contribution >= 0.6 is 39.1 Å². The number of nitrogens with zero attached hydrogens (tertiary/aromatic N) is 2. The van der Waals surface area contributed by atoms with Gasteiger partial charge >= 0.3 is 0 Å². The Morgan fingerprint density at radius 1 is 1.21 bits per heavy atom. The summed E-state index contributed by atoms with van der Waals surface area (Å²) in [5.41, 5.74) is 0.880. The normalized spacial score (nSPS) is 10.5. The van der Waals surface area contributed by atoms with Crippen molar-refractivity contribution in [3.63, 3.8) is 0 Å². The lowest BCUT2D eigenvalue weighted by molar-refractivity contribution is 0.880. The molecule has 0 radical (unpaired) electrons. The topological polar surface area (TPSA) is 17.8 Å². The lowest BCUT2D eigenvalue weighted by Gasteiger charge is -2.02. The van der Waals surface area contributed by atoms with Crippen LogP contribution in [0, 0.1) is 0 Å². The Morgan fingerprint density at radius 2 is 2.00 bits per heavy atom. The minimum Gasteiger partial charge on any atom is -0.240 e. The van der Waals surface area contributed by atoms with Crippen LogP contribution in [0.3, 0.4) is 0 Å². The summed E-state index contributed by atoms with van der Waals surface area (Å²) >= 11 is 15.0. The van der Waals surface area contributed by atoms with Crippen molar-refractivity contribution in [1.29, 1.82) is 0 Å². The number of aromatic nitrogens is 2. The van der Waals surface area contributed by atoms with Gasteiger partial charge in [-0.15, -0.1) is 0 Å². The first-order chi connectivity index (χ1) is 6.66. The minimum atomic E-state index is 0.524. The third-order valence-corrected chi connectivity index (χ3v) is 2.87. The standard InChI is InChI=1S/C9H5BrCl2N2/c10-6-4-13-14(5-6)7-1-2-8(11)9(12)3-7/h1-5H. The quantitative estimate of drug-likeness (QED) is 0.778. The van der Waals surface area contributed by atoms with E-state index in [-0.39, 0.29) is 0 Å². The summed E-state index contributed by atoms with van der Waals surface area (Å²) in [5.74, 6) is 0. The molecule has 0 amide bonds. The van der Waals surface area contributed by atoms with E-state index < -0.39 is 0 Å². The van der Waals surface area contributed by atoms with Gasteiger partial charge in [0.15, 0.2) is 0 Å². The van der Waals surface area contributed by atoms with Crippen LogP contribution in [0.4, 0.5) is 0 Å². The summed E-state index contributed by atoms with van der Waals surface area (Å²) in [7, 11) is 0. The molecule has 2 rings (SSSR count). The molecule has 0 atom stereocenters. The van der Waals surface area contributed by atoms with Crippen molar-refractivity contribution in [1.82, 2.24) is 9.78 Å². The Kier molecular flexibility index (Phi) is 2.81. The molecule has 0 aliphatic carbocycles. The molecule has 72 valence electrons. The van der Waals surface area contributed by atoms with Gasteiger partial charge < -0.3 is 0 Å². The second kappa shape index (κ2) is 3.93. The Bertz CT molecular complexity index is 468. The number of halogens is 3. The molecular weight excluding hydrogens is 287 g/mol. The lowest BCUT2D eigenvalue weighted by atomic mass is 10.3. The number of hydrogen-bond donors (Lipinski definition) is 0. The molecule has 0 aliphatic rings. The second-order valence-electron chi connectivity index (χ2n) is 2.70. The van der Waals surface area contributed by atoms with E-state index in [9.17, 15) is 0 Å². The summed E-state index contributed by atoms with van der Waals surface area (Å²) in [6.07, 6.45) is 3.56. The Hall–Kier alpha value is -0.510. The maximum atomic E-state index is 5.89. The Balaban J connectivity index is 2.47. The largest absolute Gasteiger partial charge is 0.240 e. The smallest absolute Gasteiger partial charge is 0.0661 e. The molecule has 0 aliphatic heterocycles. The van der Waals surface area contributed by atoms with Gasteiger partial charge in [0, 0.05) is 6.20 Å². The summed E-state index contributed by atoms with van der Waals surface area (Å²) in [6.45, 7) is 0. The molecule has 1 aromatic carbocycles. The van der Waals surface area contributed by atoms with Crippen LogP contribution < -0.4 is 0 Å². The van der Waals surface area contributed by atoms with E-state index in [1.807, 2.05) is 12.3 Å². The van der Waals surface area contributed by atoms with Crippen molar-refractivity contribution in [3.8, 4) is 5.69 Å². The van der Waals surface area contributed by atoms with E-state index in [2.05, 4.69) is 21.0 Å². The fourth-order valence-electron chi connectivity index (χ4n) is 1.07. The molecule has 1 aromatic heterocycles. The van der Waals surface area contributed by atoms with Crippen LogP contribution in [-0.2, 0) is 0 Å². The maximum absolute atomic E-state index is 5.89. The number of benzene rings is 1. The van der Waals surface area contributed by atoms with Gasteiger partial charge in [0.1, 0.15) is 0 Å². The Morgan fingerprint density at radius 3 is 2.57 bits per heavy atom. The lowest BCUT2D eigenvalue weighted by Crippen LogP contribution is -1.93. The van der Waals surface area contributed by atoms with E-state index >= 15 is 0 Å². The highest BCUT2D eigenvalue weighted by Crippen LogP contribution is 2.24. The van der Waals surface area contributed by atoms with Crippen molar-refractivity contribution in [2.75, 3.05) is 0 Å². The first kappa shape index (κ1) is 10.0. The fourth-order valence-corrected chi connectivity index (χ4v) is 1.65. The van der Waals surface area contributed by atoms with Gasteiger partial charge in [-0.1, -0.05) is 23.2 Å². The number of rotatable bonds is 1. The molecule has 14 heavy (non-hydrogen) atoms. The van der Waals surface area contributed by atoms with Gasteiger partial charge in [-0.25, -0.2) is 4.68 Å². The summed E-state index contributed by atoms with van der Waals surface area (Å²) < 4.78 is 2.63. The predicted molar refractivity (Wildman–Crippen MR) is 61.3 cm³/mol. The molecule has 0 fully saturated rings. The first-order valence-electron chi connectivity index (χ1n) is 3.82. The van der Waals surface area contributed by atoms with Crippen LogP contribution in [0.25, 0.3) is 5.69 Å². The molecule has 2 nitrogen and oxygen atoms in total. The summed E-state index contributed by atoms with van der Waals surface area (Å²) in [4.78, 5) is 0. The second-order valence-corrected chi connectivity index (χ2v) is 4.43. The zero-order valence-corrected chi connectivity index (χ0v) is 10.0. The highest BCUT2D eigenvalue weighted by atomic mass is 79.9. The van der Waals surface area contributed by atoms with Gasteiger partial charge in [0.2, 0.25) is 0 Å². The molecule has 1 heterocycles. The molecule has 0 saturated carbocycles. The average molecular weight is 292 g/mol. The van der Waals surface area contributed by atoms with E-state index in [1.54, 1.807) is 23.0 Å². The van der Waals surface area contributed by atoms with Gasteiger partial charge in [-0.3, -0.25) is 0 Å². The van der Waals surface area contributed by atoms with Crippen LogP contribution in [-0.4, -0.2) is 9.78 Å². The molecule has 0 unspecified atom stereocenters. The molecule has 0 saturated heterocycles. The fraction of sp³-hybridized carbons (Fsp3) is 0. The molecule has 0 N–H and O–H groups in total. The summed E-state index contributed by atoms with van der Waals surface area (Å²) in [6, 6.07) is 5.37. The van der Waals surface area contributed by atoms with Crippen LogP contribution in [0.15, 0.2) is 35.1 Å². The van der Waals surface area contributed by atoms with Gasteiger partial charge in [0.25, 0.3) is 0 Å². The van der Waals surface area contributed by atoms with E-state index in [4.69, 9.17) is 23.2 Å².